The average Bonchev–Trinajstić information content (AvgIpc) is 2.32. The Morgan fingerprint density at radius 1 is 1.30 bits per heavy atom. The molecule has 1 rings (SSSR count). The topological polar surface area (TPSA) is 41.1 Å². The van der Waals surface area contributed by atoms with Crippen molar-refractivity contribution in [2.24, 2.45) is 0 Å². The van der Waals surface area contributed by atoms with E-state index in [9.17, 15) is 4.79 Å². The third-order valence-electron chi connectivity index (χ3n) is 3.29. The van der Waals surface area contributed by atoms with E-state index in [2.05, 4.69) is 49.4 Å². The van der Waals surface area contributed by atoms with Gasteiger partial charge in [-0.05, 0) is 83.7 Å². The predicted octanol–water partition coefficient (Wildman–Crippen LogP) is 4.63. The van der Waals surface area contributed by atoms with E-state index in [-0.39, 0.29) is 17.5 Å². The van der Waals surface area contributed by atoms with Gasteiger partial charge in [-0.25, -0.2) is 0 Å². The van der Waals surface area contributed by atoms with Crippen LogP contribution in [0, 0.1) is 6.92 Å². The number of carbonyl (C=O) groups is 1. The second kappa shape index (κ2) is 6.94. The van der Waals surface area contributed by atoms with E-state index >= 15 is 0 Å². The highest BCUT2D eigenvalue weighted by atomic mass is 79.9. The van der Waals surface area contributed by atoms with Crippen LogP contribution in [0.15, 0.2) is 21.1 Å². The summed E-state index contributed by atoms with van der Waals surface area (Å²) in [7, 11) is 0. The molecular weight excluding hydrogens is 384 g/mol. The lowest BCUT2D eigenvalue weighted by atomic mass is 10.0. The molecule has 20 heavy (non-hydrogen) atoms. The maximum absolute atomic E-state index is 12.2. The largest absolute Gasteiger partial charge is 0.372 e. The quantitative estimate of drug-likeness (QED) is 0.749. The van der Waals surface area contributed by atoms with Gasteiger partial charge in [0.05, 0.1) is 5.69 Å². The summed E-state index contributed by atoms with van der Waals surface area (Å²) in [6, 6.07) is 3.73. The second-order valence-electron chi connectivity index (χ2n) is 5.70. The summed E-state index contributed by atoms with van der Waals surface area (Å²) < 4.78 is 1.89. The van der Waals surface area contributed by atoms with Gasteiger partial charge in [0, 0.05) is 14.5 Å². The molecule has 2 N–H and O–H groups in total. The van der Waals surface area contributed by atoms with Gasteiger partial charge >= 0.3 is 0 Å². The fourth-order valence-corrected chi connectivity index (χ4v) is 3.29. The molecule has 1 atom stereocenters. The van der Waals surface area contributed by atoms with Gasteiger partial charge in [-0.2, -0.15) is 0 Å². The fraction of sp³-hybridized carbons (Fsp3) is 0.533. The molecule has 0 bridgehead atoms. The summed E-state index contributed by atoms with van der Waals surface area (Å²) in [5, 5.41) is 6.29. The number of carbonyl (C=O) groups excluding carboxylic acids is 1. The maximum Gasteiger partial charge on any atom is 0.242 e. The average molecular weight is 406 g/mol. The van der Waals surface area contributed by atoms with Crippen LogP contribution in [-0.2, 0) is 4.79 Å². The molecule has 0 aliphatic heterocycles. The molecule has 1 aromatic rings. The highest BCUT2D eigenvalue weighted by molar-refractivity contribution is 9.11. The van der Waals surface area contributed by atoms with Crippen LogP contribution >= 0.6 is 31.9 Å². The first-order valence-corrected chi connectivity index (χ1v) is 8.29. The van der Waals surface area contributed by atoms with Crippen LogP contribution in [0.2, 0.25) is 0 Å². The molecule has 1 amide bonds. The zero-order valence-corrected chi connectivity index (χ0v) is 15.8. The van der Waals surface area contributed by atoms with Crippen molar-refractivity contribution in [2.45, 2.75) is 52.6 Å². The Morgan fingerprint density at radius 2 is 1.80 bits per heavy atom. The SMILES string of the molecule is CCC(C)(C)NC(=O)C(C)Nc1c(Br)cc(C)cc1Br. The normalized spacial score (nSPS) is 12.9. The molecule has 5 heteroatoms. The Labute approximate surface area is 138 Å². The van der Waals surface area contributed by atoms with E-state index in [1.54, 1.807) is 0 Å². The van der Waals surface area contributed by atoms with Crippen LogP contribution in [-0.4, -0.2) is 17.5 Å². The van der Waals surface area contributed by atoms with Gasteiger partial charge in [-0.15, -0.1) is 0 Å². The monoisotopic (exact) mass is 404 g/mol. The van der Waals surface area contributed by atoms with Gasteiger partial charge in [0.25, 0.3) is 0 Å². The molecular formula is C15H22Br2N2O. The molecule has 0 aromatic heterocycles. The molecule has 112 valence electrons. The summed E-state index contributed by atoms with van der Waals surface area (Å²) in [6.45, 7) is 10.00. The first-order chi connectivity index (χ1) is 9.16. The van der Waals surface area contributed by atoms with E-state index in [1.165, 1.54) is 0 Å². The molecule has 0 saturated heterocycles. The van der Waals surface area contributed by atoms with Gasteiger partial charge in [-0.1, -0.05) is 6.92 Å². The number of hydrogen-bond donors (Lipinski definition) is 2. The van der Waals surface area contributed by atoms with E-state index in [0.29, 0.717) is 0 Å². The van der Waals surface area contributed by atoms with E-state index in [4.69, 9.17) is 0 Å². The second-order valence-corrected chi connectivity index (χ2v) is 7.40. The molecule has 0 fully saturated rings. The Kier molecular flexibility index (Phi) is 6.07. The standard InChI is InChI=1S/C15H22Br2N2O/c1-6-15(4,5)19-14(20)10(3)18-13-11(16)7-9(2)8-12(13)17/h7-8,10,18H,6H2,1-5H3,(H,19,20). The summed E-state index contributed by atoms with van der Waals surface area (Å²) in [5.41, 5.74) is 1.86. The van der Waals surface area contributed by atoms with Crippen molar-refractivity contribution in [1.82, 2.24) is 5.32 Å². The fourth-order valence-electron chi connectivity index (χ4n) is 1.65. The third kappa shape index (κ3) is 4.77. The Bertz CT molecular complexity index is 478. The number of benzene rings is 1. The summed E-state index contributed by atoms with van der Waals surface area (Å²) in [6.07, 6.45) is 0.892. The Hall–Kier alpha value is -0.550. The highest BCUT2D eigenvalue weighted by Gasteiger charge is 2.22. The van der Waals surface area contributed by atoms with Crippen LogP contribution in [0.25, 0.3) is 0 Å². The van der Waals surface area contributed by atoms with Crippen molar-refractivity contribution in [3.8, 4) is 0 Å². The third-order valence-corrected chi connectivity index (χ3v) is 4.54. The molecule has 3 nitrogen and oxygen atoms in total. The predicted molar refractivity (Wildman–Crippen MR) is 92.2 cm³/mol. The first-order valence-electron chi connectivity index (χ1n) is 6.70. The molecule has 1 unspecified atom stereocenters. The summed E-state index contributed by atoms with van der Waals surface area (Å²) in [4.78, 5) is 12.2. The van der Waals surface area contributed by atoms with E-state index < -0.39 is 0 Å². The molecule has 0 saturated carbocycles. The summed E-state index contributed by atoms with van der Waals surface area (Å²) >= 11 is 7.05. The zero-order chi connectivity index (χ0) is 15.5. The van der Waals surface area contributed by atoms with Crippen LogP contribution < -0.4 is 10.6 Å². The smallest absolute Gasteiger partial charge is 0.242 e. The van der Waals surface area contributed by atoms with Gasteiger partial charge in [0.1, 0.15) is 6.04 Å². The lowest BCUT2D eigenvalue weighted by Crippen LogP contribution is -2.48. The van der Waals surface area contributed by atoms with Crippen LogP contribution in [0.4, 0.5) is 5.69 Å². The Balaban J connectivity index is 2.81. The number of rotatable bonds is 5. The lowest BCUT2D eigenvalue weighted by molar-refractivity contribution is -0.123. The molecule has 1 aromatic carbocycles. The first kappa shape index (κ1) is 17.5. The van der Waals surface area contributed by atoms with Gasteiger partial charge in [0.2, 0.25) is 5.91 Å². The number of aryl methyl sites for hydroxylation is 1. The number of halogens is 2. The minimum atomic E-state index is -0.309. The van der Waals surface area contributed by atoms with E-state index in [0.717, 1.165) is 26.6 Å². The van der Waals surface area contributed by atoms with Crippen molar-refractivity contribution in [1.29, 1.82) is 0 Å². The van der Waals surface area contributed by atoms with Crippen molar-refractivity contribution in [3.63, 3.8) is 0 Å². The summed E-state index contributed by atoms with van der Waals surface area (Å²) in [5.74, 6) is -0.00350. The number of hydrogen-bond acceptors (Lipinski definition) is 2. The van der Waals surface area contributed by atoms with Crippen molar-refractivity contribution in [2.75, 3.05) is 5.32 Å². The minimum Gasteiger partial charge on any atom is -0.372 e. The number of amides is 1. The van der Waals surface area contributed by atoms with Crippen LogP contribution in [0.3, 0.4) is 0 Å². The van der Waals surface area contributed by atoms with Gasteiger partial charge in [0.15, 0.2) is 0 Å². The molecule has 0 spiro atoms. The van der Waals surface area contributed by atoms with Crippen molar-refractivity contribution >= 4 is 43.5 Å². The molecule has 0 aliphatic rings. The minimum absolute atomic E-state index is 0.00350. The van der Waals surface area contributed by atoms with Crippen LogP contribution in [0.5, 0.6) is 0 Å². The van der Waals surface area contributed by atoms with Gasteiger partial charge in [-0.3, -0.25) is 4.79 Å². The number of nitrogens with one attached hydrogen (secondary N) is 2. The van der Waals surface area contributed by atoms with E-state index in [1.807, 2.05) is 39.8 Å². The van der Waals surface area contributed by atoms with Crippen molar-refractivity contribution < 1.29 is 4.79 Å². The molecule has 0 aliphatic carbocycles. The molecule has 0 radical (unpaired) electrons. The van der Waals surface area contributed by atoms with Gasteiger partial charge < -0.3 is 10.6 Å². The Morgan fingerprint density at radius 3 is 2.25 bits per heavy atom. The lowest BCUT2D eigenvalue weighted by Gasteiger charge is -2.27. The highest BCUT2D eigenvalue weighted by Crippen LogP contribution is 2.32. The maximum atomic E-state index is 12.2. The number of anilines is 1. The van der Waals surface area contributed by atoms with Crippen molar-refractivity contribution in [3.05, 3.63) is 26.6 Å². The van der Waals surface area contributed by atoms with Crippen LogP contribution in [0.1, 0.15) is 39.7 Å². The molecule has 0 heterocycles. The zero-order valence-electron chi connectivity index (χ0n) is 12.6.